The number of nitrogens with one attached hydrogen (secondary N) is 1. The standard InChI is InChI=1S/C17H18ClFN2O/c1-21(12-14-15(18)8-5-9-16(14)19)11-10-17(22)20-13-6-3-2-4-7-13/h2-9H,10-12H2,1H3,(H,20,22). The van der Waals surface area contributed by atoms with Gasteiger partial charge in [0.05, 0.1) is 0 Å². The number of carbonyl (C=O) groups is 1. The van der Waals surface area contributed by atoms with Crippen LogP contribution >= 0.6 is 11.6 Å². The highest BCUT2D eigenvalue weighted by Gasteiger charge is 2.11. The van der Waals surface area contributed by atoms with Crippen LogP contribution in [0, 0.1) is 5.82 Å². The lowest BCUT2D eigenvalue weighted by Crippen LogP contribution is -2.24. The van der Waals surface area contributed by atoms with Gasteiger partial charge < -0.3 is 10.2 Å². The van der Waals surface area contributed by atoms with Crippen LogP contribution in [0.2, 0.25) is 5.02 Å². The van der Waals surface area contributed by atoms with Gasteiger partial charge in [0.15, 0.2) is 0 Å². The molecule has 0 heterocycles. The van der Waals surface area contributed by atoms with Crippen molar-refractivity contribution in [3.05, 3.63) is 64.9 Å². The Balaban J connectivity index is 1.82. The number of anilines is 1. The maximum atomic E-state index is 13.7. The highest BCUT2D eigenvalue weighted by atomic mass is 35.5. The molecule has 116 valence electrons. The van der Waals surface area contributed by atoms with Gasteiger partial charge in [0, 0.05) is 35.8 Å². The van der Waals surface area contributed by atoms with E-state index in [1.165, 1.54) is 6.07 Å². The minimum atomic E-state index is -0.326. The molecule has 0 atom stereocenters. The zero-order chi connectivity index (χ0) is 15.9. The van der Waals surface area contributed by atoms with Crippen LogP contribution in [0.15, 0.2) is 48.5 Å². The van der Waals surface area contributed by atoms with Crippen LogP contribution in [-0.4, -0.2) is 24.4 Å². The van der Waals surface area contributed by atoms with Crippen LogP contribution < -0.4 is 5.32 Å². The first-order chi connectivity index (χ1) is 10.6. The SMILES string of the molecule is CN(CCC(=O)Nc1ccccc1)Cc1c(F)cccc1Cl. The summed E-state index contributed by atoms with van der Waals surface area (Å²) in [6, 6.07) is 13.9. The second-order valence-electron chi connectivity index (χ2n) is 5.10. The molecule has 0 bridgehead atoms. The number of halogens is 2. The summed E-state index contributed by atoms with van der Waals surface area (Å²) >= 11 is 6.00. The lowest BCUT2D eigenvalue weighted by Gasteiger charge is -2.17. The van der Waals surface area contributed by atoms with Gasteiger partial charge in [0.1, 0.15) is 5.82 Å². The van der Waals surface area contributed by atoms with Crippen LogP contribution in [0.4, 0.5) is 10.1 Å². The number of nitrogens with zero attached hydrogens (tertiary/aromatic N) is 1. The molecular weight excluding hydrogens is 303 g/mol. The predicted octanol–water partition coefficient (Wildman–Crippen LogP) is 3.94. The van der Waals surface area contributed by atoms with Crippen molar-refractivity contribution >= 4 is 23.2 Å². The van der Waals surface area contributed by atoms with Crippen LogP contribution in [0.1, 0.15) is 12.0 Å². The number of benzene rings is 2. The zero-order valence-electron chi connectivity index (χ0n) is 12.4. The predicted molar refractivity (Wildman–Crippen MR) is 87.4 cm³/mol. The van der Waals surface area contributed by atoms with Crippen molar-refractivity contribution in [1.82, 2.24) is 4.90 Å². The first-order valence-corrected chi connectivity index (χ1v) is 7.40. The zero-order valence-corrected chi connectivity index (χ0v) is 13.1. The highest BCUT2D eigenvalue weighted by Crippen LogP contribution is 2.20. The Morgan fingerprint density at radius 1 is 1.18 bits per heavy atom. The Bertz CT molecular complexity index is 614. The van der Waals surface area contributed by atoms with Gasteiger partial charge in [0.2, 0.25) is 5.91 Å². The molecule has 0 aromatic heterocycles. The second kappa shape index (κ2) is 7.92. The molecule has 0 aliphatic rings. The van der Waals surface area contributed by atoms with Crippen molar-refractivity contribution in [3.63, 3.8) is 0 Å². The average molecular weight is 321 g/mol. The second-order valence-corrected chi connectivity index (χ2v) is 5.51. The van der Waals surface area contributed by atoms with Crippen molar-refractivity contribution < 1.29 is 9.18 Å². The quantitative estimate of drug-likeness (QED) is 0.874. The minimum absolute atomic E-state index is 0.0716. The van der Waals surface area contributed by atoms with E-state index in [0.717, 1.165) is 5.69 Å². The summed E-state index contributed by atoms with van der Waals surface area (Å²) in [5.41, 5.74) is 1.22. The van der Waals surface area contributed by atoms with Gasteiger partial charge in [-0.05, 0) is 31.3 Å². The molecule has 0 saturated heterocycles. The smallest absolute Gasteiger partial charge is 0.225 e. The van der Waals surface area contributed by atoms with E-state index in [1.54, 1.807) is 12.1 Å². The summed E-state index contributed by atoms with van der Waals surface area (Å²) in [6.07, 6.45) is 0.331. The van der Waals surface area contributed by atoms with Gasteiger partial charge in [-0.3, -0.25) is 4.79 Å². The molecule has 0 aliphatic heterocycles. The number of hydrogen-bond acceptors (Lipinski definition) is 2. The molecule has 0 fully saturated rings. The summed E-state index contributed by atoms with van der Waals surface area (Å²) in [4.78, 5) is 13.7. The number of rotatable bonds is 6. The van der Waals surface area contributed by atoms with E-state index >= 15 is 0 Å². The van der Waals surface area contributed by atoms with Crippen LogP contribution in [0.25, 0.3) is 0 Å². The number of carbonyl (C=O) groups excluding carboxylic acids is 1. The topological polar surface area (TPSA) is 32.3 Å². The Morgan fingerprint density at radius 2 is 1.91 bits per heavy atom. The molecule has 0 radical (unpaired) electrons. The fourth-order valence-corrected chi connectivity index (χ4v) is 2.29. The van der Waals surface area contributed by atoms with Gasteiger partial charge in [-0.1, -0.05) is 35.9 Å². The van der Waals surface area contributed by atoms with Crippen molar-refractivity contribution in [1.29, 1.82) is 0 Å². The molecule has 0 aliphatic carbocycles. The van der Waals surface area contributed by atoms with Gasteiger partial charge in [-0.2, -0.15) is 0 Å². The summed E-state index contributed by atoms with van der Waals surface area (Å²) in [6.45, 7) is 0.882. The van der Waals surface area contributed by atoms with Gasteiger partial charge in [0.25, 0.3) is 0 Å². The first-order valence-electron chi connectivity index (χ1n) is 7.02. The van der Waals surface area contributed by atoms with Gasteiger partial charge >= 0.3 is 0 Å². The number of amides is 1. The van der Waals surface area contributed by atoms with Crippen molar-refractivity contribution in [2.75, 3.05) is 18.9 Å². The van der Waals surface area contributed by atoms with Gasteiger partial charge in [-0.15, -0.1) is 0 Å². The fourth-order valence-electron chi connectivity index (χ4n) is 2.07. The number of hydrogen-bond donors (Lipinski definition) is 1. The van der Waals surface area contributed by atoms with Crippen molar-refractivity contribution in [2.24, 2.45) is 0 Å². The van der Waals surface area contributed by atoms with Crippen LogP contribution in [0.3, 0.4) is 0 Å². The molecule has 1 amide bonds. The van der Waals surface area contributed by atoms with E-state index in [1.807, 2.05) is 42.3 Å². The van der Waals surface area contributed by atoms with Crippen LogP contribution in [-0.2, 0) is 11.3 Å². The Labute approximate surface area is 134 Å². The monoisotopic (exact) mass is 320 g/mol. The summed E-state index contributed by atoms with van der Waals surface area (Å²) < 4.78 is 13.7. The lowest BCUT2D eigenvalue weighted by atomic mass is 10.2. The van der Waals surface area contributed by atoms with Crippen molar-refractivity contribution in [3.8, 4) is 0 Å². The van der Waals surface area contributed by atoms with E-state index in [-0.39, 0.29) is 11.7 Å². The third-order valence-electron chi connectivity index (χ3n) is 3.27. The van der Waals surface area contributed by atoms with E-state index in [2.05, 4.69) is 5.32 Å². The molecule has 0 spiro atoms. The molecule has 2 aromatic rings. The Hall–Kier alpha value is -1.91. The normalized spacial score (nSPS) is 10.7. The largest absolute Gasteiger partial charge is 0.326 e. The molecule has 0 unspecified atom stereocenters. The third-order valence-corrected chi connectivity index (χ3v) is 3.62. The molecular formula is C17H18ClFN2O. The molecule has 22 heavy (non-hydrogen) atoms. The maximum absolute atomic E-state index is 13.7. The number of para-hydroxylation sites is 1. The summed E-state index contributed by atoms with van der Waals surface area (Å²) in [5, 5.41) is 3.22. The van der Waals surface area contributed by atoms with E-state index in [0.29, 0.717) is 30.1 Å². The van der Waals surface area contributed by atoms with Gasteiger partial charge in [-0.25, -0.2) is 4.39 Å². The Morgan fingerprint density at radius 3 is 2.59 bits per heavy atom. The Kier molecular flexibility index (Phi) is 5.92. The molecule has 0 saturated carbocycles. The highest BCUT2D eigenvalue weighted by molar-refractivity contribution is 6.31. The van der Waals surface area contributed by atoms with E-state index in [9.17, 15) is 9.18 Å². The van der Waals surface area contributed by atoms with E-state index in [4.69, 9.17) is 11.6 Å². The molecule has 1 N–H and O–H groups in total. The van der Waals surface area contributed by atoms with Crippen molar-refractivity contribution in [2.45, 2.75) is 13.0 Å². The minimum Gasteiger partial charge on any atom is -0.326 e. The average Bonchev–Trinajstić information content (AvgIpc) is 2.50. The summed E-state index contributed by atoms with van der Waals surface area (Å²) in [5.74, 6) is -0.397. The molecule has 3 nitrogen and oxygen atoms in total. The fraction of sp³-hybridized carbons (Fsp3) is 0.235. The third kappa shape index (κ3) is 4.83. The first kappa shape index (κ1) is 16.5. The molecule has 2 rings (SSSR count). The summed E-state index contributed by atoms with van der Waals surface area (Å²) in [7, 11) is 1.83. The van der Waals surface area contributed by atoms with Crippen LogP contribution in [0.5, 0.6) is 0 Å². The molecule has 5 heteroatoms. The van der Waals surface area contributed by atoms with E-state index < -0.39 is 0 Å². The maximum Gasteiger partial charge on any atom is 0.225 e. The molecule has 2 aromatic carbocycles. The lowest BCUT2D eigenvalue weighted by molar-refractivity contribution is -0.116.